The Kier molecular flexibility index (Phi) is 3.25. The summed E-state index contributed by atoms with van der Waals surface area (Å²) in [5, 5.41) is 9.24. The van der Waals surface area contributed by atoms with Gasteiger partial charge in [0.15, 0.2) is 0 Å². The number of carbonyl (C=O) groups is 1. The third kappa shape index (κ3) is 2.25. The second-order valence-electron chi connectivity index (χ2n) is 4.51. The van der Waals surface area contributed by atoms with E-state index in [0.717, 1.165) is 25.1 Å². The van der Waals surface area contributed by atoms with Gasteiger partial charge in [-0.25, -0.2) is 0 Å². The normalized spacial score (nSPS) is 26.6. The first-order valence-electron chi connectivity index (χ1n) is 5.65. The summed E-state index contributed by atoms with van der Waals surface area (Å²) in [6, 6.07) is 9.97. The summed E-state index contributed by atoms with van der Waals surface area (Å²) in [6.07, 6.45) is 0.741. The van der Waals surface area contributed by atoms with Crippen molar-refractivity contribution in [3.05, 3.63) is 35.9 Å². The number of hydrogen-bond donors (Lipinski definition) is 1. The Morgan fingerprint density at radius 1 is 1.38 bits per heavy atom. The molecule has 0 aromatic heterocycles. The highest BCUT2D eigenvalue weighted by atomic mass is 16.4. The summed E-state index contributed by atoms with van der Waals surface area (Å²) >= 11 is 0. The van der Waals surface area contributed by atoms with E-state index >= 15 is 0 Å². The van der Waals surface area contributed by atoms with Crippen LogP contribution in [0.2, 0.25) is 0 Å². The maximum absolute atomic E-state index is 11.2. The lowest BCUT2D eigenvalue weighted by Gasteiger charge is -2.34. The van der Waals surface area contributed by atoms with Gasteiger partial charge in [-0.1, -0.05) is 30.3 Å². The Labute approximate surface area is 95.7 Å². The van der Waals surface area contributed by atoms with Crippen LogP contribution in [0, 0.1) is 5.92 Å². The molecule has 86 valence electrons. The average Bonchev–Trinajstić information content (AvgIpc) is 2.29. The van der Waals surface area contributed by atoms with Gasteiger partial charge in [0.05, 0.1) is 5.92 Å². The standard InChI is InChI=1S/C13H17NO2/c1-14-8-7-11(13(15)16)12(9-14)10-5-3-2-4-6-10/h2-6,11-12H,7-9H2,1H3,(H,15,16)/t11-,12+/m0/s1. The molecule has 0 saturated carbocycles. The first kappa shape index (κ1) is 11.1. The van der Waals surface area contributed by atoms with Crippen LogP contribution in [0.25, 0.3) is 0 Å². The van der Waals surface area contributed by atoms with E-state index in [1.54, 1.807) is 0 Å². The van der Waals surface area contributed by atoms with Gasteiger partial charge in [0, 0.05) is 12.5 Å². The van der Waals surface area contributed by atoms with E-state index in [-0.39, 0.29) is 11.8 Å². The summed E-state index contributed by atoms with van der Waals surface area (Å²) < 4.78 is 0. The Balaban J connectivity index is 2.24. The highest BCUT2D eigenvalue weighted by molar-refractivity contribution is 5.71. The molecular formula is C13H17NO2. The minimum Gasteiger partial charge on any atom is -0.481 e. The minimum atomic E-state index is -0.665. The van der Waals surface area contributed by atoms with Crippen LogP contribution in [0.4, 0.5) is 0 Å². The topological polar surface area (TPSA) is 40.5 Å². The molecule has 3 heteroatoms. The fourth-order valence-corrected chi connectivity index (χ4v) is 2.45. The summed E-state index contributed by atoms with van der Waals surface area (Å²) in [6.45, 7) is 1.71. The predicted octanol–water partition coefficient (Wildman–Crippen LogP) is 1.81. The van der Waals surface area contributed by atoms with E-state index in [1.165, 1.54) is 0 Å². The number of piperidine rings is 1. The Bertz CT molecular complexity index is 363. The molecule has 1 aromatic rings. The highest BCUT2D eigenvalue weighted by Gasteiger charge is 2.33. The number of carboxylic acid groups (broad SMARTS) is 1. The molecule has 1 heterocycles. The van der Waals surface area contributed by atoms with Gasteiger partial charge >= 0.3 is 5.97 Å². The van der Waals surface area contributed by atoms with E-state index < -0.39 is 5.97 Å². The molecule has 1 aliphatic heterocycles. The lowest BCUT2D eigenvalue weighted by Crippen LogP contribution is -2.39. The van der Waals surface area contributed by atoms with Crippen molar-refractivity contribution in [3.8, 4) is 0 Å². The third-order valence-electron chi connectivity index (χ3n) is 3.36. The maximum atomic E-state index is 11.2. The summed E-state index contributed by atoms with van der Waals surface area (Å²) in [7, 11) is 2.05. The number of likely N-dealkylation sites (N-methyl/N-ethyl adjacent to an activating group) is 1. The van der Waals surface area contributed by atoms with Crippen LogP contribution in [-0.4, -0.2) is 36.1 Å². The van der Waals surface area contributed by atoms with Crippen LogP contribution in [0.15, 0.2) is 30.3 Å². The molecular weight excluding hydrogens is 202 g/mol. The van der Waals surface area contributed by atoms with E-state index in [2.05, 4.69) is 4.90 Å². The molecule has 0 spiro atoms. The number of rotatable bonds is 2. The summed E-state index contributed by atoms with van der Waals surface area (Å²) in [5.41, 5.74) is 1.14. The van der Waals surface area contributed by atoms with E-state index in [1.807, 2.05) is 37.4 Å². The van der Waals surface area contributed by atoms with Crippen LogP contribution in [0.1, 0.15) is 17.9 Å². The molecule has 0 bridgehead atoms. The number of carboxylic acids is 1. The molecule has 1 saturated heterocycles. The molecule has 1 N–H and O–H groups in total. The molecule has 0 amide bonds. The van der Waals surface area contributed by atoms with Crippen molar-refractivity contribution < 1.29 is 9.90 Å². The minimum absolute atomic E-state index is 0.123. The first-order chi connectivity index (χ1) is 7.68. The van der Waals surface area contributed by atoms with Gasteiger partial charge < -0.3 is 10.0 Å². The Morgan fingerprint density at radius 2 is 2.06 bits per heavy atom. The fraction of sp³-hybridized carbons (Fsp3) is 0.462. The molecule has 0 unspecified atom stereocenters. The number of benzene rings is 1. The molecule has 16 heavy (non-hydrogen) atoms. The van der Waals surface area contributed by atoms with Crippen molar-refractivity contribution in [1.29, 1.82) is 0 Å². The monoisotopic (exact) mass is 219 g/mol. The van der Waals surface area contributed by atoms with Crippen LogP contribution in [0.5, 0.6) is 0 Å². The Hall–Kier alpha value is -1.35. The maximum Gasteiger partial charge on any atom is 0.307 e. The lowest BCUT2D eigenvalue weighted by molar-refractivity contribution is -0.144. The largest absolute Gasteiger partial charge is 0.481 e. The third-order valence-corrected chi connectivity index (χ3v) is 3.36. The molecule has 0 radical (unpaired) electrons. The molecule has 2 rings (SSSR count). The van der Waals surface area contributed by atoms with Crippen molar-refractivity contribution >= 4 is 5.97 Å². The van der Waals surface area contributed by atoms with Crippen LogP contribution in [-0.2, 0) is 4.79 Å². The van der Waals surface area contributed by atoms with Crippen molar-refractivity contribution in [3.63, 3.8) is 0 Å². The fourth-order valence-electron chi connectivity index (χ4n) is 2.45. The van der Waals surface area contributed by atoms with E-state index in [9.17, 15) is 9.90 Å². The zero-order chi connectivity index (χ0) is 11.5. The molecule has 0 aliphatic carbocycles. The van der Waals surface area contributed by atoms with Crippen LogP contribution in [0.3, 0.4) is 0 Å². The summed E-state index contributed by atoms with van der Waals surface area (Å²) in [5.74, 6) is -0.780. The molecule has 1 aromatic carbocycles. The second-order valence-corrected chi connectivity index (χ2v) is 4.51. The predicted molar refractivity (Wildman–Crippen MR) is 62.4 cm³/mol. The van der Waals surface area contributed by atoms with Gasteiger partial charge in [-0.15, -0.1) is 0 Å². The van der Waals surface area contributed by atoms with Gasteiger partial charge in [0.2, 0.25) is 0 Å². The number of likely N-dealkylation sites (tertiary alicyclic amines) is 1. The van der Waals surface area contributed by atoms with E-state index in [4.69, 9.17) is 0 Å². The van der Waals surface area contributed by atoms with Crippen molar-refractivity contribution in [2.24, 2.45) is 5.92 Å². The molecule has 1 aliphatic rings. The van der Waals surface area contributed by atoms with Gasteiger partial charge in [0.1, 0.15) is 0 Å². The van der Waals surface area contributed by atoms with Gasteiger partial charge in [-0.05, 0) is 25.6 Å². The number of aliphatic carboxylic acids is 1. The highest BCUT2D eigenvalue weighted by Crippen LogP contribution is 2.31. The SMILES string of the molecule is CN1CC[C@H](C(=O)O)[C@@H](c2ccccc2)C1. The zero-order valence-corrected chi connectivity index (χ0v) is 9.47. The van der Waals surface area contributed by atoms with Gasteiger partial charge in [0.25, 0.3) is 0 Å². The average molecular weight is 219 g/mol. The first-order valence-corrected chi connectivity index (χ1v) is 5.65. The van der Waals surface area contributed by atoms with E-state index in [0.29, 0.717) is 0 Å². The number of nitrogens with zero attached hydrogens (tertiary/aromatic N) is 1. The summed E-state index contributed by atoms with van der Waals surface area (Å²) in [4.78, 5) is 13.4. The van der Waals surface area contributed by atoms with Crippen molar-refractivity contribution in [2.75, 3.05) is 20.1 Å². The number of hydrogen-bond acceptors (Lipinski definition) is 2. The smallest absolute Gasteiger partial charge is 0.307 e. The Morgan fingerprint density at radius 3 is 2.69 bits per heavy atom. The van der Waals surface area contributed by atoms with Gasteiger partial charge in [-0.3, -0.25) is 4.79 Å². The van der Waals surface area contributed by atoms with Crippen LogP contribution >= 0.6 is 0 Å². The second kappa shape index (κ2) is 4.66. The van der Waals surface area contributed by atoms with Crippen molar-refractivity contribution in [1.82, 2.24) is 4.90 Å². The van der Waals surface area contributed by atoms with Gasteiger partial charge in [-0.2, -0.15) is 0 Å². The quantitative estimate of drug-likeness (QED) is 0.824. The van der Waals surface area contributed by atoms with Crippen LogP contribution < -0.4 is 0 Å². The molecule has 3 nitrogen and oxygen atoms in total. The van der Waals surface area contributed by atoms with Crippen molar-refractivity contribution in [2.45, 2.75) is 12.3 Å². The zero-order valence-electron chi connectivity index (χ0n) is 9.47. The molecule has 1 fully saturated rings. The lowest BCUT2D eigenvalue weighted by atomic mass is 9.81. The molecule has 2 atom stereocenters.